The molecule has 0 spiro atoms. The fourth-order valence-electron chi connectivity index (χ4n) is 1.30. The Kier molecular flexibility index (Phi) is 5.94. The summed E-state index contributed by atoms with van der Waals surface area (Å²) in [7, 11) is 0. The van der Waals surface area contributed by atoms with Gasteiger partial charge in [0.05, 0.1) is 13.2 Å². The number of morpholine rings is 1. The van der Waals surface area contributed by atoms with Crippen molar-refractivity contribution in [2.45, 2.75) is 6.42 Å². The van der Waals surface area contributed by atoms with Crippen molar-refractivity contribution in [3.8, 4) is 0 Å². The zero-order chi connectivity index (χ0) is 10.1. The van der Waals surface area contributed by atoms with Gasteiger partial charge in [0.25, 0.3) is 0 Å². The number of hydrogen-bond acceptors (Lipinski definition) is 5. The molecule has 0 N–H and O–H groups in total. The minimum absolute atomic E-state index is 0.557. The normalized spacial score (nSPS) is 18.6. The van der Waals surface area contributed by atoms with Crippen LogP contribution in [0.2, 0.25) is 0 Å². The highest BCUT2D eigenvalue weighted by atomic mass is 16.6. The van der Waals surface area contributed by atoms with Crippen molar-refractivity contribution in [3.63, 3.8) is 0 Å². The second-order valence-corrected chi connectivity index (χ2v) is 3.03. The molecule has 0 atom stereocenters. The highest BCUT2D eigenvalue weighted by Gasteiger charge is 2.08. The van der Waals surface area contributed by atoms with Crippen molar-refractivity contribution in [1.82, 2.24) is 4.90 Å². The van der Waals surface area contributed by atoms with Crippen molar-refractivity contribution in [2.75, 3.05) is 39.5 Å². The third-order valence-electron chi connectivity index (χ3n) is 2.01. The average Bonchev–Trinajstić information content (AvgIpc) is 2.25. The summed E-state index contributed by atoms with van der Waals surface area (Å²) in [5, 5.41) is 3.44. The maximum atomic E-state index is 9.83. The van der Waals surface area contributed by atoms with Gasteiger partial charge in [0.1, 0.15) is 12.8 Å². The van der Waals surface area contributed by atoms with E-state index in [0.29, 0.717) is 12.9 Å². The Bertz CT molecular complexity index is 179. The summed E-state index contributed by atoms with van der Waals surface area (Å²) in [6.07, 6.45) is 2.63. The molecule has 1 heterocycles. The summed E-state index contributed by atoms with van der Waals surface area (Å²) in [5.41, 5.74) is 0. The zero-order valence-electron chi connectivity index (χ0n) is 8.22. The molecule has 5 nitrogen and oxygen atoms in total. The number of ether oxygens (including phenoxy) is 1. The molecule has 0 aliphatic carbocycles. The number of hydrogen-bond donors (Lipinski definition) is 0. The first-order valence-corrected chi connectivity index (χ1v) is 4.82. The van der Waals surface area contributed by atoms with Crippen LogP contribution in [-0.4, -0.2) is 56.9 Å². The maximum absolute atomic E-state index is 9.83. The Hall–Kier alpha value is -0.940. The lowest BCUT2D eigenvalue weighted by Crippen LogP contribution is -2.37. The van der Waals surface area contributed by atoms with Gasteiger partial charge in [-0.25, -0.2) is 0 Å². The highest BCUT2D eigenvalue weighted by molar-refractivity contribution is 6.12. The van der Waals surface area contributed by atoms with E-state index in [-0.39, 0.29) is 0 Å². The second-order valence-electron chi connectivity index (χ2n) is 3.03. The van der Waals surface area contributed by atoms with Crippen molar-refractivity contribution >= 4 is 12.5 Å². The minimum Gasteiger partial charge on any atom is -0.396 e. The van der Waals surface area contributed by atoms with E-state index in [0.717, 1.165) is 45.5 Å². The molecule has 0 amide bonds. The van der Waals surface area contributed by atoms with Crippen molar-refractivity contribution in [3.05, 3.63) is 0 Å². The fraction of sp³-hybridized carbons (Fsp3) is 0.778. The number of rotatable bonds is 6. The maximum Gasteiger partial charge on any atom is 0.164 e. The third kappa shape index (κ3) is 4.94. The van der Waals surface area contributed by atoms with Crippen LogP contribution in [0.25, 0.3) is 0 Å². The topological polar surface area (TPSA) is 51.1 Å². The first-order valence-electron chi connectivity index (χ1n) is 4.82. The molecular weight excluding hydrogens is 184 g/mol. The fourth-order valence-corrected chi connectivity index (χ4v) is 1.30. The molecule has 1 rings (SSSR count). The molecule has 1 fully saturated rings. The molecule has 5 heteroatoms. The van der Waals surface area contributed by atoms with Crippen LogP contribution in [0.1, 0.15) is 6.42 Å². The Balaban J connectivity index is 1.92. The third-order valence-corrected chi connectivity index (χ3v) is 2.01. The predicted octanol–water partition coefficient (Wildman–Crippen LogP) is -0.0900. The molecule has 0 radical (unpaired) electrons. The summed E-state index contributed by atoms with van der Waals surface area (Å²) in [6, 6.07) is 0. The molecule has 0 aromatic rings. The van der Waals surface area contributed by atoms with Crippen LogP contribution in [0.5, 0.6) is 0 Å². The van der Waals surface area contributed by atoms with Crippen LogP contribution >= 0.6 is 0 Å². The monoisotopic (exact) mass is 200 g/mol. The van der Waals surface area contributed by atoms with E-state index in [1.165, 1.54) is 0 Å². The summed E-state index contributed by atoms with van der Waals surface area (Å²) in [6.45, 7) is 5.20. The molecule has 14 heavy (non-hydrogen) atoms. The predicted molar refractivity (Wildman–Crippen MR) is 52.4 cm³/mol. The molecule has 0 aromatic carbocycles. The van der Waals surface area contributed by atoms with Crippen LogP contribution in [0.3, 0.4) is 0 Å². The van der Waals surface area contributed by atoms with Gasteiger partial charge >= 0.3 is 0 Å². The summed E-state index contributed by atoms with van der Waals surface area (Å²) < 4.78 is 5.22. The first-order chi connectivity index (χ1) is 6.93. The second kappa shape index (κ2) is 7.46. The van der Waals surface area contributed by atoms with Gasteiger partial charge in [-0.05, 0) is 6.42 Å². The van der Waals surface area contributed by atoms with E-state index in [4.69, 9.17) is 9.57 Å². The van der Waals surface area contributed by atoms with E-state index >= 15 is 0 Å². The first kappa shape index (κ1) is 11.1. The molecule has 0 unspecified atom stereocenters. The SMILES string of the molecule is O=C/C=N/OCCCN1CCOCC1. The van der Waals surface area contributed by atoms with Gasteiger partial charge in [0.15, 0.2) is 6.29 Å². The number of aldehydes is 1. The molecule has 0 bridgehead atoms. The van der Waals surface area contributed by atoms with Gasteiger partial charge in [0.2, 0.25) is 0 Å². The highest BCUT2D eigenvalue weighted by Crippen LogP contribution is 1.97. The van der Waals surface area contributed by atoms with E-state index in [1.807, 2.05) is 0 Å². The molecule has 0 saturated carbocycles. The Morgan fingerprint density at radius 2 is 2.21 bits per heavy atom. The Labute approximate surface area is 83.7 Å². The van der Waals surface area contributed by atoms with E-state index in [2.05, 4.69) is 10.1 Å². The van der Waals surface area contributed by atoms with Gasteiger partial charge in [0, 0.05) is 19.6 Å². The standard InChI is InChI=1S/C9H16N2O3/c12-6-2-10-14-7-1-3-11-4-8-13-9-5-11/h2,6H,1,3-5,7-9H2/b10-2+. The van der Waals surface area contributed by atoms with Crippen LogP contribution in [0, 0.1) is 0 Å². The van der Waals surface area contributed by atoms with E-state index in [1.54, 1.807) is 0 Å². The molecule has 80 valence electrons. The van der Waals surface area contributed by atoms with Gasteiger partial charge in [-0.15, -0.1) is 0 Å². The zero-order valence-corrected chi connectivity index (χ0v) is 8.22. The molecule has 1 aliphatic rings. The van der Waals surface area contributed by atoms with Crippen molar-refractivity contribution < 1.29 is 14.4 Å². The van der Waals surface area contributed by atoms with Crippen molar-refractivity contribution in [1.29, 1.82) is 0 Å². The lowest BCUT2D eigenvalue weighted by Gasteiger charge is -2.26. The van der Waals surface area contributed by atoms with Crippen LogP contribution in [0.4, 0.5) is 0 Å². The summed E-state index contributed by atoms with van der Waals surface area (Å²) >= 11 is 0. The van der Waals surface area contributed by atoms with Crippen LogP contribution in [-0.2, 0) is 14.4 Å². The van der Waals surface area contributed by atoms with Crippen LogP contribution in [0.15, 0.2) is 5.16 Å². The number of carbonyl (C=O) groups is 1. The largest absolute Gasteiger partial charge is 0.396 e. The lowest BCUT2D eigenvalue weighted by molar-refractivity contribution is -0.102. The minimum atomic E-state index is 0.557. The Morgan fingerprint density at radius 1 is 1.43 bits per heavy atom. The van der Waals surface area contributed by atoms with Crippen molar-refractivity contribution in [2.24, 2.45) is 5.16 Å². The van der Waals surface area contributed by atoms with Gasteiger partial charge in [-0.1, -0.05) is 5.16 Å². The lowest BCUT2D eigenvalue weighted by atomic mass is 10.3. The number of carbonyl (C=O) groups excluding carboxylic acids is 1. The smallest absolute Gasteiger partial charge is 0.164 e. The molecule has 1 saturated heterocycles. The Morgan fingerprint density at radius 3 is 2.93 bits per heavy atom. The van der Waals surface area contributed by atoms with Gasteiger partial charge < -0.3 is 9.57 Å². The van der Waals surface area contributed by atoms with E-state index < -0.39 is 0 Å². The van der Waals surface area contributed by atoms with E-state index in [9.17, 15) is 4.79 Å². The molecule has 1 aliphatic heterocycles. The van der Waals surface area contributed by atoms with Gasteiger partial charge in [-0.2, -0.15) is 0 Å². The molecule has 0 aromatic heterocycles. The van der Waals surface area contributed by atoms with Crippen LogP contribution < -0.4 is 0 Å². The summed E-state index contributed by atoms with van der Waals surface area (Å²) in [4.78, 5) is 17.0. The average molecular weight is 200 g/mol. The summed E-state index contributed by atoms with van der Waals surface area (Å²) in [5.74, 6) is 0. The number of nitrogens with zero attached hydrogens (tertiary/aromatic N) is 2. The van der Waals surface area contributed by atoms with Gasteiger partial charge in [-0.3, -0.25) is 9.69 Å². The quantitative estimate of drug-likeness (QED) is 0.260. The molecular formula is C9H16N2O3. The number of oxime groups is 1.